The second-order valence-electron chi connectivity index (χ2n) is 7.25. The van der Waals surface area contributed by atoms with Crippen LogP contribution < -0.4 is 5.32 Å². The molecule has 9 heteroatoms. The number of benzene rings is 3. The number of aromatic nitrogens is 1. The molecule has 0 aliphatic carbocycles. The Hall–Kier alpha value is -3.91. The van der Waals surface area contributed by atoms with Gasteiger partial charge in [0.2, 0.25) is 0 Å². The summed E-state index contributed by atoms with van der Waals surface area (Å²) in [7, 11) is 0. The number of nitrogens with one attached hydrogen (secondary N) is 1. The molecule has 0 unspecified atom stereocenters. The monoisotopic (exact) mass is 484 g/mol. The second kappa shape index (κ2) is 9.52. The second-order valence-corrected chi connectivity index (χ2v) is 7.66. The van der Waals surface area contributed by atoms with Crippen molar-refractivity contribution in [2.24, 2.45) is 0 Å². The molecule has 4 rings (SSSR count). The maximum atomic E-state index is 12.9. The Labute approximate surface area is 197 Å². The molecule has 0 radical (unpaired) electrons. The van der Waals surface area contributed by atoms with Crippen LogP contribution in [0.5, 0.6) is 0 Å². The van der Waals surface area contributed by atoms with Crippen LogP contribution in [0.25, 0.3) is 22.2 Å². The normalized spacial score (nSPS) is 11.3. The van der Waals surface area contributed by atoms with Crippen molar-refractivity contribution < 1.29 is 27.5 Å². The summed E-state index contributed by atoms with van der Waals surface area (Å²) in [6, 6.07) is 20.3. The van der Waals surface area contributed by atoms with Crippen LogP contribution in [0.15, 0.2) is 78.9 Å². The molecule has 1 aromatic heterocycles. The van der Waals surface area contributed by atoms with Crippen LogP contribution in [-0.4, -0.2) is 23.5 Å². The number of nitrogens with zero attached hydrogens (tertiary/aromatic N) is 1. The fourth-order valence-corrected chi connectivity index (χ4v) is 3.46. The van der Waals surface area contributed by atoms with E-state index < -0.39 is 30.2 Å². The van der Waals surface area contributed by atoms with Crippen LogP contribution in [-0.2, 0) is 15.7 Å². The number of amides is 1. The number of alkyl halides is 3. The summed E-state index contributed by atoms with van der Waals surface area (Å²) in [5.74, 6) is -1.61. The van der Waals surface area contributed by atoms with Gasteiger partial charge in [0, 0.05) is 10.9 Å². The van der Waals surface area contributed by atoms with Gasteiger partial charge in [0.1, 0.15) is 0 Å². The van der Waals surface area contributed by atoms with Gasteiger partial charge >= 0.3 is 12.1 Å². The van der Waals surface area contributed by atoms with Crippen molar-refractivity contribution in [3.63, 3.8) is 0 Å². The van der Waals surface area contributed by atoms with Gasteiger partial charge in [0.05, 0.1) is 33.0 Å². The summed E-state index contributed by atoms with van der Waals surface area (Å²) in [6.07, 6.45) is -4.60. The number of para-hydroxylation sites is 1. The highest BCUT2D eigenvalue weighted by Crippen LogP contribution is 2.34. The van der Waals surface area contributed by atoms with E-state index in [1.165, 1.54) is 0 Å². The Morgan fingerprint density at radius 3 is 2.38 bits per heavy atom. The zero-order valence-electron chi connectivity index (χ0n) is 17.4. The van der Waals surface area contributed by atoms with Crippen LogP contribution in [0.4, 0.5) is 18.9 Å². The zero-order chi connectivity index (χ0) is 24.3. The van der Waals surface area contributed by atoms with Gasteiger partial charge in [-0.2, -0.15) is 13.2 Å². The highest BCUT2D eigenvalue weighted by Gasteiger charge is 2.31. The van der Waals surface area contributed by atoms with E-state index in [1.807, 2.05) is 30.3 Å². The molecule has 1 N–H and O–H groups in total. The number of carbonyl (C=O) groups is 2. The van der Waals surface area contributed by atoms with Gasteiger partial charge in [-0.25, -0.2) is 9.78 Å². The molecule has 4 aromatic rings. The van der Waals surface area contributed by atoms with Gasteiger partial charge in [0.15, 0.2) is 6.61 Å². The third-order valence-electron chi connectivity index (χ3n) is 4.91. The van der Waals surface area contributed by atoms with E-state index in [-0.39, 0.29) is 16.3 Å². The molecule has 0 bridgehead atoms. The van der Waals surface area contributed by atoms with Crippen molar-refractivity contribution in [3.05, 3.63) is 95.0 Å². The fourth-order valence-electron chi connectivity index (χ4n) is 3.29. The minimum absolute atomic E-state index is 0.0830. The number of esters is 1. The van der Waals surface area contributed by atoms with Crippen LogP contribution in [0, 0.1) is 0 Å². The Balaban J connectivity index is 1.53. The molecular formula is C25H16ClF3N2O3. The quantitative estimate of drug-likeness (QED) is 0.334. The van der Waals surface area contributed by atoms with E-state index in [0.29, 0.717) is 22.7 Å². The molecular weight excluding hydrogens is 469 g/mol. The predicted molar refractivity (Wildman–Crippen MR) is 123 cm³/mol. The predicted octanol–water partition coefficient (Wildman–Crippen LogP) is 6.37. The summed E-state index contributed by atoms with van der Waals surface area (Å²) in [6.45, 7) is -0.720. The molecule has 34 heavy (non-hydrogen) atoms. The van der Waals surface area contributed by atoms with Gasteiger partial charge in [-0.15, -0.1) is 0 Å². The van der Waals surface area contributed by atoms with Gasteiger partial charge in [-0.1, -0.05) is 60.1 Å². The Bertz CT molecular complexity index is 1380. The topological polar surface area (TPSA) is 68.3 Å². The lowest BCUT2D eigenvalue weighted by Gasteiger charge is -2.12. The third kappa shape index (κ3) is 5.18. The van der Waals surface area contributed by atoms with E-state index >= 15 is 0 Å². The average molecular weight is 485 g/mol. The number of hydrogen-bond acceptors (Lipinski definition) is 4. The highest BCUT2D eigenvalue weighted by molar-refractivity contribution is 6.33. The summed E-state index contributed by atoms with van der Waals surface area (Å²) in [5, 5.41) is 2.70. The molecule has 1 heterocycles. The first kappa shape index (κ1) is 23.3. The van der Waals surface area contributed by atoms with Crippen molar-refractivity contribution in [2.75, 3.05) is 11.9 Å². The van der Waals surface area contributed by atoms with Crippen molar-refractivity contribution in [3.8, 4) is 11.3 Å². The largest absolute Gasteiger partial charge is 0.452 e. The average Bonchev–Trinajstić information content (AvgIpc) is 2.83. The number of fused-ring (bicyclic) bond motifs is 1. The lowest BCUT2D eigenvalue weighted by Crippen LogP contribution is -2.21. The van der Waals surface area contributed by atoms with Gasteiger partial charge < -0.3 is 10.1 Å². The maximum absolute atomic E-state index is 12.9. The lowest BCUT2D eigenvalue weighted by atomic mass is 10.0. The lowest BCUT2D eigenvalue weighted by molar-refractivity contribution is -0.137. The van der Waals surface area contributed by atoms with Crippen molar-refractivity contribution in [1.82, 2.24) is 4.98 Å². The standard InChI is InChI=1S/C25H16ClF3N2O3/c26-19-11-10-16(25(27,28)29)12-22(19)31-23(32)14-34-24(33)18-13-21(15-6-2-1-3-7-15)30-20-9-5-4-8-17(18)20/h1-13H,14H2,(H,31,32). The molecule has 0 atom stereocenters. The first-order valence-corrected chi connectivity index (χ1v) is 10.4. The molecule has 172 valence electrons. The molecule has 5 nitrogen and oxygen atoms in total. The van der Waals surface area contributed by atoms with Crippen LogP contribution >= 0.6 is 11.6 Å². The van der Waals surface area contributed by atoms with Gasteiger partial charge in [-0.3, -0.25) is 4.79 Å². The summed E-state index contributed by atoms with van der Waals surface area (Å²) < 4.78 is 43.9. The first-order chi connectivity index (χ1) is 16.2. The van der Waals surface area contributed by atoms with E-state index in [2.05, 4.69) is 10.3 Å². The number of carbonyl (C=O) groups excluding carboxylic acids is 2. The van der Waals surface area contributed by atoms with Gasteiger partial charge in [-0.05, 0) is 30.3 Å². The number of halogens is 4. The molecule has 0 aliphatic rings. The van der Waals surface area contributed by atoms with Crippen LogP contribution in [0.2, 0.25) is 5.02 Å². The molecule has 3 aromatic carbocycles. The fraction of sp³-hybridized carbons (Fsp3) is 0.0800. The molecule has 0 saturated heterocycles. The molecule has 0 fully saturated rings. The van der Waals surface area contributed by atoms with E-state index in [1.54, 1.807) is 30.3 Å². The SMILES string of the molecule is O=C(COC(=O)c1cc(-c2ccccc2)nc2ccccc12)Nc1cc(C(F)(F)F)ccc1Cl. The maximum Gasteiger partial charge on any atom is 0.416 e. The van der Waals surface area contributed by atoms with Crippen molar-refractivity contribution >= 4 is 40.1 Å². The number of pyridine rings is 1. The number of hydrogen-bond donors (Lipinski definition) is 1. The minimum atomic E-state index is -4.60. The summed E-state index contributed by atoms with van der Waals surface area (Å²) in [5.41, 5.74) is 0.898. The van der Waals surface area contributed by atoms with Crippen LogP contribution in [0.1, 0.15) is 15.9 Å². The van der Waals surface area contributed by atoms with E-state index in [0.717, 1.165) is 17.7 Å². The van der Waals surface area contributed by atoms with Crippen molar-refractivity contribution in [2.45, 2.75) is 6.18 Å². The summed E-state index contributed by atoms with van der Waals surface area (Å²) in [4.78, 5) is 29.7. The van der Waals surface area contributed by atoms with Crippen molar-refractivity contribution in [1.29, 1.82) is 0 Å². The molecule has 0 saturated carbocycles. The van der Waals surface area contributed by atoms with Gasteiger partial charge in [0.25, 0.3) is 5.91 Å². The Morgan fingerprint density at radius 2 is 1.65 bits per heavy atom. The third-order valence-corrected chi connectivity index (χ3v) is 5.24. The molecule has 1 amide bonds. The number of anilines is 1. The summed E-state index contributed by atoms with van der Waals surface area (Å²) >= 11 is 5.89. The Morgan fingerprint density at radius 1 is 0.941 bits per heavy atom. The molecule has 0 aliphatic heterocycles. The number of rotatable bonds is 5. The zero-order valence-corrected chi connectivity index (χ0v) is 18.2. The Kier molecular flexibility index (Phi) is 6.51. The smallest absolute Gasteiger partial charge is 0.416 e. The number of ether oxygens (including phenoxy) is 1. The molecule has 0 spiro atoms. The van der Waals surface area contributed by atoms with Crippen LogP contribution in [0.3, 0.4) is 0 Å². The minimum Gasteiger partial charge on any atom is -0.452 e. The van der Waals surface area contributed by atoms with E-state index in [9.17, 15) is 22.8 Å². The first-order valence-electron chi connectivity index (χ1n) is 10.0. The highest BCUT2D eigenvalue weighted by atomic mass is 35.5. The van der Waals surface area contributed by atoms with E-state index in [4.69, 9.17) is 16.3 Å².